The van der Waals surface area contributed by atoms with Crippen LogP contribution in [-0.4, -0.2) is 24.0 Å². The topological polar surface area (TPSA) is 81.5 Å². The van der Waals surface area contributed by atoms with E-state index in [0.717, 1.165) is 25.7 Å². The number of hydrogen-bond donors (Lipinski definition) is 1. The monoisotopic (exact) mass is 302 g/mol. The highest BCUT2D eigenvalue weighted by molar-refractivity contribution is 5.95. The number of nitrogens with one attached hydrogen (secondary N) is 1. The van der Waals surface area contributed by atoms with Gasteiger partial charge in [0.1, 0.15) is 0 Å². The van der Waals surface area contributed by atoms with Crippen molar-refractivity contribution in [2.45, 2.75) is 31.7 Å². The fourth-order valence-corrected chi connectivity index (χ4v) is 2.71. The number of amides is 1. The smallest absolute Gasteiger partial charge is 0.310 e. The molecule has 2 atom stereocenters. The SMILES string of the molecule is C#CC1CCCC(NC(=O)c2ccc([N+](=O)[O-])c(OC)c2)C1. The number of rotatable bonds is 4. The summed E-state index contributed by atoms with van der Waals surface area (Å²) in [6, 6.07) is 4.13. The first-order chi connectivity index (χ1) is 10.5. The molecule has 1 N–H and O–H groups in total. The maximum absolute atomic E-state index is 12.3. The third-order valence-corrected chi connectivity index (χ3v) is 3.88. The van der Waals surface area contributed by atoms with E-state index in [-0.39, 0.29) is 29.3 Å². The van der Waals surface area contributed by atoms with Gasteiger partial charge in [0.15, 0.2) is 5.75 Å². The Bertz CT molecular complexity index is 621. The van der Waals surface area contributed by atoms with E-state index >= 15 is 0 Å². The molecular weight excluding hydrogens is 284 g/mol. The van der Waals surface area contributed by atoms with E-state index in [2.05, 4.69) is 11.2 Å². The Balaban J connectivity index is 2.10. The first kappa shape index (κ1) is 15.8. The van der Waals surface area contributed by atoms with Crippen LogP contribution in [-0.2, 0) is 0 Å². The molecule has 0 spiro atoms. The predicted molar refractivity (Wildman–Crippen MR) is 81.7 cm³/mol. The van der Waals surface area contributed by atoms with Crippen LogP contribution in [0.25, 0.3) is 0 Å². The highest BCUT2D eigenvalue weighted by atomic mass is 16.6. The minimum absolute atomic E-state index is 0.0449. The Morgan fingerprint density at radius 3 is 2.91 bits per heavy atom. The van der Waals surface area contributed by atoms with Gasteiger partial charge >= 0.3 is 5.69 Å². The largest absolute Gasteiger partial charge is 0.490 e. The lowest BCUT2D eigenvalue weighted by molar-refractivity contribution is -0.385. The number of methoxy groups -OCH3 is 1. The standard InChI is InChI=1S/C16H18N2O4/c1-3-11-5-4-6-13(9-11)17-16(19)12-7-8-14(18(20)21)15(10-12)22-2/h1,7-8,10-11,13H,4-6,9H2,2H3,(H,17,19). The van der Waals surface area contributed by atoms with Crippen molar-refractivity contribution in [1.82, 2.24) is 5.32 Å². The molecule has 1 aliphatic rings. The van der Waals surface area contributed by atoms with Gasteiger partial charge in [-0.3, -0.25) is 14.9 Å². The fourth-order valence-electron chi connectivity index (χ4n) is 2.71. The summed E-state index contributed by atoms with van der Waals surface area (Å²) in [4.78, 5) is 22.6. The van der Waals surface area contributed by atoms with Crippen LogP contribution in [0.1, 0.15) is 36.0 Å². The maximum Gasteiger partial charge on any atom is 0.310 e. The average Bonchev–Trinajstić information content (AvgIpc) is 2.54. The van der Waals surface area contributed by atoms with Crippen molar-refractivity contribution >= 4 is 11.6 Å². The van der Waals surface area contributed by atoms with Gasteiger partial charge in [-0.2, -0.15) is 0 Å². The number of ether oxygens (including phenoxy) is 1. The third-order valence-electron chi connectivity index (χ3n) is 3.88. The molecule has 1 saturated carbocycles. The maximum atomic E-state index is 12.3. The normalized spacial score (nSPS) is 20.7. The molecule has 6 heteroatoms. The zero-order valence-corrected chi connectivity index (χ0v) is 12.4. The molecule has 1 aromatic rings. The molecule has 1 aliphatic carbocycles. The zero-order valence-electron chi connectivity index (χ0n) is 12.4. The molecule has 0 aromatic heterocycles. The van der Waals surface area contributed by atoms with Crippen molar-refractivity contribution in [3.05, 3.63) is 33.9 Å². The molecule has 0 heterocycles. The molecule has 116 valence electrons. The van der Waals surface area contributed by atoms with Crippen molar-refractivity contribution in [3.63, 3.8) is 0 Å². The minimum atomic E-state index is -0.542. The number of carbonyl (C=O) groups is 1. The van der Waals surface area contributed by atoms with Crippen LogP contribution >= 0.6 is 0 Å². The average molecular weight is 302 g/mol. The predicted octanol–water partition coefficient (Wildman–Crippen LogP) is 2.53. The van der Waals surface area contributed by atoms with Gasteiger partial charge in [-0.1, -0.05) is 6.42 Å². The van der Waals surface area contributed by atoms with Crippen LogP contribution in [0, 0.1) is 28.4 Å². The highest BCUT2D eigenvalue weighted by Crippen LogP contribution is 2.28. The van der Waals surface area contributed by atoms with Crippen molar-refractivity contribution in [2.24, 2.45) is 5.92 Å². The van der Waals surface area contributed by atoms with Crippen molar-refractivity contribution in [1.29, 1.82) is 0 Å². The summed E-state index contributed by atoms with van der Waals surface area (Å²) >= 11 is 0. The Kier molecular flexibility index (Phi) is 4.99. The van der Waals surface area contributed by atoms with Gasteiger partial charge < -0.3 is 10.1 Å². The van der Waals surface area contributed by atoms with Gasteiger partial charge in [-0.15, -0.1) is 12.3 Å². The number of nitrogens with zero attached hydrogens (tertiary/aromatic N) is 1. The van der Waals surface area contributed by atoms with E-state index in [1.54, 1.807) is 0 Å². The van der Waals surface area contributed by atoms with Gasteiger partial charge in [-0.05, 0) is 25.3 Å². The number of nitro benzene ring substituents is 1. The molecule has 2 unspecified atom stereocenters. The summed E-state index contributed by atoms with van der Waals surface area (Å²) in [6.45, 7) is 0. The summed E-state index contributed by atoms with van der Waals surface area (Å²) in [6.07, 6.45) is 9.10. The molecule has 0 radical (unpaired) electrons. The summed E-state index contributed by atoms with van der Waals surface area (Å²) in [5.74, 6) is 2.74. The Morgan fingerprint density at radius 2 is 2.27 bits per heavy atom. The lowest BCUT2D eigenvalue weighted by Crippen LogP contribution is -2.38. The fraction of sp³-hybridized carbons (Fsp3) is 0.438. The molecule has 1 amide bonds. The van der Waals surface area contributed by atoms with Crippen LogP contribution < -0.4 is 10.1 Å². The Morgan fingerprint density at radius 1 is 1.50 bits per heavy atom. The highest BCUT2D eigenvalue weighted by Gasteiger charge is 2.23. The molecule has 1 aromatic carbocycles. The van der Waals surface area contributed by atoms with Crippen LogP contribution in [0.2, 0.25) is 0 Å². The summed E-state index contributed by atoms with van der Waals surface area (Å²) in [5, 5.41) is 13.8. The van der Waals surface area contributed by atoms with E-state index in [1.165, 1.54) is 25.3 Å². The Labute approximate surface area is 129 Å². The summed E-state index contributed by atoms with van der Waals surface area (Å²) < 4.78 is 4.97. The van der Waals surface area contributed by atoms with E-state index in [9.17, 15) is 14.9 Å². The van der Waals surface area contributed by atoms with Gasteiger partial charge in [0.25, 0.3) is 5.91 Å². The van der Waals surface area contributed by atoms with Crippen molar-refractivity contribution in [2.75, 3.05) is 7.11 Å². The number of terminal acetylenes is 1. The molecule has 2 rings (SSSR count). The second kappa shape index (κ2) is 6.94. The number of carbonyl (C=O) groups excluding carboxylic acids is 1. The molecular formula is C16H18N2O4. The van der Waals surface area contributed by atoms with Gasteiger partial charge in [-0.25, -0.2) is 0 Å². The quantitative estimate of drug-likeness (QED) is 0.526. The molecule has 0 aliphatic heterocycles. The lowest BCUT2D eigenvalue weighted by Gasteiger charge is -2.26. The first-order valence-electron chi connectivity index (χ1n) is 7.14. The van der Waals surface area contributed by atoms with E-state index in [4.69, 9.17) is 11.2 Å². The van der Waals surface area contributed by atoms with Crippen molar-refractivity contribution < 1.29 is 14.5 Å². The summed E-state index contributed by atoms with van der Waals surface area (Å²) in [5.41, 5.74) is 0.175. The van der Waals surface area contributed by atoms with E-state index in [1.807, 2.05) is 0 Å². The second-order valence-corrected chi connectivity index (χ2v) is 5.34. The van der Waals surface area contributed by atoms with Gasteiger partial charge in [0, 0.05) is 29.7 Å². The van der Waals surface area contributed by atoms with Crippen LogP contribution in [0.4, 0.5) is 5.69 Å². The molecule has 22 heavy (non-hydrogen) atoms. The second-order valence-electron chi connectivity index (χ2n) is 5.34. The van der Waals surface area contributed by atoms with Crippen LogP contribution in [0.5, 0.6) is 5.75 Å². The van der Waals surface area contributed by atoms with Gasteiger partial charge in [0.2, 0.25) is 0 Å². The van der Waals surface area contributed by atoms with E-state index < -0.39 is 4.92 Å². The van der Waals surface area contributed by atoms with E-state index in [0.29, 0.717) is 5.56 Å². The van der Waals surface area contributed by atoms with Gasteiger partial charge in [0.05, 0.1) is 12.0 Å². The Hall–Kier alpha value is -2.55. The number of hydrogen-bond acceptors (Lipinski definition) is 4. The van der Waals surface area contributed by atoms with Crippen LogP contribution in [0.15, 0.2) is 18.2 Å². The number of benzene rings is 1. The zero-order chi connectivity index (χ0) is 16.1. The first-order valence-corrected chi connectivity index (χ1v) is 7.14. The number of nitro groups is 1. The third kappa shape index (κ3) is 3.55. The van der Waals surface area contributed by atoms with Crippen molar-refractivity contribution in [3.8, 4) is 18.1 Å². The minimum Gasteiger partial charge on any atom is -0.490 e. The lowest BCUT2D eigenvalue weighted by atomic mass is 9.86. The molecule has 6 nitrogen and oxygen atoms in total. The summed E-state index contributed by atoms with van der Waals surface area (Å²) in [7, 11) is 1.34. The van der Waals surface area contributed by atoms with Crippen LogP contribution in [0.3, 0.4) is 0 Å². The molecule has 1 fully saturated rings. The molecule has 0 bridgehead atoms. The molecule has 0 saturated heterocycles.